The highest BCUT2D eigenvalue weighted by atomic mass is 15.4. The number of nitrogens with zero attached hydrogens (tertiary/aromatic N) is 3. The topological polar surface area (TPSA) is 30.7 Å². The molecule has 1 heterocycles. The zero-order valence-corrected chi connectivity index (χ0v) is 13.0. The van der Waals surface area contributed by atoms with Crippen LogP contribution in [0, 0.1) is 0 Å². The van der Waals surface area contributed by atoms with Gasteiger partial charge >= 0.3 is 0 Å². The van der Waals surface area contributed by atoms with Crippen LogP contribution in [-0.2, 0) is 19.4 Å². The van der Waals surface area contributed by atoms with Gasteiger partial charge in [0.1, 0.15) is 0 Å². The molecule has 0 N–H and O–H groups in total. The molecule has 0 saturated carbocycles. The maximum absolute atomic E-state index is 4.39. The number of hydrogen-bond acceptors (Lipinski definition) is 2. The van der Waals surface area contributed by atoms with Crippen LogP contribution >= 0.6 is 0 Å². The van der Waals surface area contributed by atoms with E-state index < -0.39 is 0 Å². The number of allylic oxidation sites excluding steroid dienone is 1. The van der Waals surface area contributed by atoms with Gasteiger partial charge in [-0.05, 0) is 18.4 Å². The number of aryl methyl sites for hydroxylation is 1. The minimum Gasteiger partial charge on any atom is -0.244 e. The van der Waals surface area contributed by atoms with Crippen molar-refractivity contribution in [3.05, 3.63) is 59.9 Å². The zero-order chi connectivity index (χ0) is 14.9. The zero-order valence-electron chi connectivity index (χ0n) is 13.0. The molecular weight excluding hydrogens is 258 g/mol. The molecule has 21 heavy (non-hydrogen) atoms. The molecule has 0 radical (unpaired) electrons. The summed E-state index contributed by atoms with van der Waals surface area (Å²) in [5, 5.41) is 8.74. The molecule has 0 unspecified atom stereocenters. The summed E-state index contributed by atoms with van der Waals surface area (Å²) in [6, 6.07) is 10.4. The lowest BCUT2D eigenvalue weighted by molar-refractivity contribution is 0.627. The van der Waals surface area contributed by atoms with E-state index in [0.29, 0.717) is 0 Å². The molecule has 0 fully saturated rings. The second-order valence-electron chi connectivity index (χ2n) is 5.43. The maximum Gasteiger partial charge on any atom is 0.0862 e. The minimum absolute atomic E-state index is 0.784. The summed E-state index contributed by atoms with van der Waals surface area (Å²) in [7, 11) is 0. The van der Waals surface area contributed by atoms with Gasteiger partial charge < -0.3 is 0 Å². The summed E-state index contributed by atoms with van der Waals surface area (Å²) < 4.78 is 2.02. The third-order valence-electron chi connectivity index (χ3n) is 3.70. The number of hydrogen-bond donors (Lipinski definition) is 0. The van der Waals surface area contributed by atoms with E-state index in [4.69, 9.17) is 0 Å². The Hall–Kier alpha value is -1.90. The Morgan fingerprint density at radius 1 is 1.14 bits per heavy atom. The molecular formula is C18H25N3. The van der Waals surface area contributed by atoms with E-state index in [1.807, 2.05) is 16.8 Å². The molecule has 3 nitrogen and oxygen atoms in total. The molecule has 1 aromatic heterocycles. The predicted octanol–water partition coefficient (Wildman–Crippen LogP) is 4.18. The Kier molecular flexibility index (Phi) is 6.20. The molecule has 2 aromatic rings. The van der Waals surface area contributed by atoms with E-state index in [2.05, 4.69) is 48.1 Å². The van der Waals surface area contributed by atoms with Crippen molar-refractivity contribution in [1.29, 1.82) is 0 Å². The van der Waals surface area contributed by atoms with Crippen molar-refractivity contribution in [2.45, 2.75) is 52.0 Å². The maximum atomic E-state index is 4.39. The van der Waals surface area contributed by atoms with Crippen LogP contribution in [0.1, 0.15) is 49.6 Å². The van der Waals surface area contributed by atoms with Crippen LogP contribution in [0.15, 0.2) is 43.0 Å². The van der Waals surface area contributed by atoms with Crippen molar-refractivity contribution in [1.82, 2.24) is 15.0 Å². The van der Waals surface area contributed by atoms with E-state index >= 15 is 0 Å². The van der Waals surface area contributed by atoms with Crippen LogP contribution in [0.2, 0.25) is 0 Å². The standard InChI is InChI=1S/C18H25N3/c1-3-5-6-10-14-17-18(11-4-2)21(20-19-17)15-16-12-8-7-9-13-16/h4,7-9,12-13H,2-3,5-6,10-11,14-15H2,1H3. The Morgan fingerprint density at radius 2 is 1.95 bits per heavy atom. The van der Waals surface area contributed by atoms with Crippen molar-refractivity contribution in [3.8, 4) is 0 Å². The fourth-order valence-corrected chi connectivity index (χ4v) is 2.53. The first-order chi connectivity index (χ1) is 10.3. The average molecular weight is 283 g/mol. The van der Waals surface area contributed by atoms with E-state index in [1.54, 1.807) is 0 Å². The van der Waals surface area contributed by atoms with Crippen LogP contribution in [0.25, 0.3) is 0 Å². The Morgan fingerprint density at radius 3 is 2.67 bits per heavy atom. The minimum atomic E-state index is 0.784. The van der Waals surface area contributed by atoms with Crippen LogP contribution in [0.5, 0.6) is 0 Å². The second kappa shape index (κ2) is 8.40. The SMILES string of the molecule is C=CCc1c(CCCCCC)nnn1Cc1ccccc1. The van der Waals surface area contributed by atoms with Crippen molar-refractivity contribution in [3.63, 3.8) is 0 Å². The highest BCUT2D eigenvalue weighted by Crippen LogP contribution is 2.14. The van der Waals surface area contributed by atoms with Crippen molar-refractivity contribution < 1.29 is 0 Å². The van der Waals surface area contributed by atoms with Gasteiger partial charge in [0.05, 0.1) is 17.9 Å². The normalized spacial score (nSPS) is 10.7. The fraction of sp³-hybridized carbons (Fsp3) is 0.444. The first-order valence-corrected chi connectivity index (χ1v) is 7.91. The van der Waals surface area contributed by atoms with E-state index in [1.165, 1.54) is 36.9 Å². The van der Waals surface area contributed by atoms with E-state index in [-0.39, 0.29) is 0 Å². The largest absolute Gasteiger partial charge is 0.244 e. The second-order valence-corrected chi connectivity index (χ2v) is 5.43. The lowest BCUT2D eigenvalue weighted by Crippen LogP contribution is -2.07. The molecule has 0 bridgehead atoms. The van der Waals surface area contributed by atoms with Gasteiger partial charge in [-0.15, -0.1) is 11.7 Å². The Labute approximate surface area is 127 Å². The monoisotopic (exact) mass is 283 g/mol. The van der Waals surface area contributed by atoms with Gasteiger partial charge in [0.2, 0.25) is 0 Å². The fourth-order valence-electron chi connectivity index (χ4n) is 2.53. The third kappa shape index (κ3) is 4.55. The molecule has 0 atom stereocenters. The van der Waals surface area contributed by atoms with Gasteiger partial charge in [-0.2, -0.15) is 0 Å². The van der Waals surface area contributed by atoms with E-state index in [0.717, 1.165) is 25.1 Å². The predicted molar refractivity (Wildman–Crippen MR) is 87.3 cm³/mol. The number of benzene rings is 1. The van der Waals surface area contributed by atoms with Crippen LogP contribution in [0.4, 0.5) is 0 Å². The van der Waals surface area contributed by atoms with E-state index in [9.17, 15) is 0 Å². The van der Waals surface area contributed by atoms with Gasteiger partial charge in [0.25, 0.3) is 0 Å². The van der Waals surface area contributed by atoms with Crippen molar-refractivity contribution in [2.75, 3.05) is 0 Å². The molecule has 0 amide bonds. The first kappa shape index (κ1) is 15.5. The average Bonchev–Trinajstić information content (AvgIpc) is 2.88. The smallest absolute Gasteiger partial charge is 0.0862 e. The molecule has 2 rings (SSSR count). The van der Waals surface area contributed by atoms with Gasteiger partial charge in [0, 0.05) is 6.42 Å². The molecule has 0 spiro atoms. The van der Waals surface area contributed by atoms with Crippen molar-refractivity contribution in [2.24, 2.45) is 0 Å². The lowest BCUT2D eigenvalue weighted by atomic mass is 10.1. The third-order valence-corrected chi connectivity index (χ3v) is 3.70. The highest BCUT2D eigenvalue weighted by molar-refractivity contribution is 5.18. The van der Waals surface area contributed by atoms with Crippen LogP contribution < -0.4 is 0 Å². The summed E-state index contributed by atoms with van der Waals surface area (Å²) in [5.74, 6) is 0. The number of unbranched alkanes of at least 4 members (excludes halogenated alkanes) is 3. The molecule has 0 aliphatic carbocycles. The van der Waals surface area contributed by atoms with Gasteiger partial charge in [-0.1, -0.05) is 67.8 Å². The highest BCUT2D eigenvalue weighted by Gasteiger charge is 2.11. The Balaban J connectivity index is 2.07. The summed E-state index contributed by atoms with van der Waals surface area (Å²) in [6.45, 7) is 6.88. The quantitative estimate of drug-likeness (QED) is 0.510. The number of aromatic nitrogens is 3. The Bertz CT molecular complexity index is 543. The van der Waals surface area contributed by atoms with Crippen LogP contribution in [0.3, 0.4) is 0 Å². The molecule has 0 aliphatic rings. The molecule has 3 heteroatoms. The summed E-state index contributed by atoms with van der Waals surface area (Å²) in [5.41, 5.74) is 3.61. The molecule has 112 valence electrons. The summed E-state index contributed by atoms with van der Waals surface area (Å²) >= 11 is 0. The summed E-state index contributed by atoms with van der Waals surface area (Å²) in [4.78, 5) is 0. The van der Waals surface area contributed by atoms with Gasteiger partial charge in [-0.25, -0.2) is 4.68 Å². The summed E-state index contributed by atoms with van der Waals surface area (Å²) in [6.07, 6.45) is 8.84. The molecule has 1 aromatic carbocycles. The van der Waals surface area contributed by atoms with Crippen molar-refractivity contribution >= 4 is 0 Å². The molecule has 0 saturated heterocycles. The first-order valence-electron chi connectivity index (χ1n) is 7.91. The van der Waals surface area contributed by atoms with Gasteiger partial charge in [0.15, 0.2) is 0 Å². The lowest BCUT2D eigenvalue weighted by Gasteiger charge is -2.06. The van der Waals surface area contributed by atoms with Crippen LogP contribution in [-0.4, -0.2) is 15.0 Å². The van der Waals surface area contributed by atoms with Gasteiger partial charge in [-0.3, -0.25) is 0 Å². The number of rotatable bonds is 9. The molecule has 0 aliphatic heterocycles.